The molecule has 0 saturated carbocycles. The summed E-state index contributed by atoms with van der Waals surface area (Å²) < 4.78 is 1.65. The van der Waals surface area contributed by atoms with Crippen molar-refractivity contribution in [2.45, 2.75) is 32.7 Å². The number of hydrogen-bond acceptors (Lipinski definition) is 6. The summed E-state index contributed by atoms with van der Waals surface area (Å²) in [6, 6.07) is 9.83. The average Bonchev–Trinajstić information content (AvgIpc) is 3.49. The van der Waals surface area contributed by atoms with Crippen LogP contribution in [-0.4, -0.2) is 57.3 Å². The lowest BCUT2D eigenvalue weighted by Crippen LogP contribution is -2.41. The monoisotopic (exact) mass is 419 g/mol. The Morgan fingerprint density at radius 3 is 2.84 bits per heavy atom. The van der Waals surface area contributed by atoms with E-state index in [0.29, 0.717) is 18.7 Å². The average molecular weight is 419 g/mol. The Labute approximate surface area is 180 Å². The van der Waals surface area contributed by atoms with Gasteiger partial charge in [-0.15, -0.1) is 15.3 Å². The van der Waals surface area contributed by atoms with Gasteiger partial charge in [0.25, 0.3) is 0 Å². The molecule has 9 heteroatoms. The van der Waals surface area contributed by atoms with Crippen LogP contribution >= 0.6 is 0 Å². The minimum atomic E-state index is -0.324. The molecular formula is C22H25N7O2. The number of carbonyl (C=O) groups excluding carboxylic acids is 2. The number of aromatic nitrogens is 4. The van der Waals surface area contributed by atoms with E-state index < -0.39 is 0 Å². The highest BCUT2D eigenvalue weighted by molar-refractivity contribution is 6.00. The molecule has 0 radical (unpaired) electrons. The van der Waals surface area contributed by atoms with Crippen molar-refractivity contribution >= 4 is 29.0 Å². The van der Waals surface area contributed by atoms with Crippen LogP contribution in [0.4, 0.5) is 11.5 Å². The molecule has 0 bridgehead atoms. The van der Waals surface area contributed by atoms with Crippen molar-refractivity contribution in [3.05, 3.63) is 47.8 Å². The normalized spacial score (nSPS) is 21.3. The SMILES string of the molecule is Cc1ccc(N2C[C@@H](C(=O)N[C@@H]3CCN(c4ccc5nncn5n4)C3)CC2=O)cc1C. The summed E-state index contributed by atoms with van der Waals surface area (Å²) >= 11 is 0. The number of amides is 2. The number of fused-ring (bicyclic) bond motifs is 1. The van der Waals surface area contributed by atoms with Gasteiger partial charge in [-0.1, -0.05) is 6.07 Å². The summed E-state index contributed by atoms with van der Waals surface area (Å²) in [7, 11) is 0. The molecule has 5 rings (SSSR count). The van der Waals surface area contributed by atoms with Crippen LogP contribution in [0, 0.1) is 19.8 Å². The van der Waals surface area contributed by atoms with Gasteiger partial charge >= 0.3 is 0 Å². The van der Waals surface area contributed by atoms with Crippen molar-refractivity contribution in [2.24, 2.45) is 5.92 Å². The Morgan fingerprint density at radius 2 is 2.00 bits per heavy atom. The maximum absolute atomic E-state index is 12.9. The lowest BCUT2D eigenvalue weighted by Gasteiger charge is -2.20. The molecule has 0 unspecified atom stereocenters. The zero-order valence-electron chi connectivity index (χ0n) is 17.7. The van der Waals surface area contributed by atoms with Gasteiger partial charge in [-0.3, -0.25) is 9.59 Å². The molecular weight excluding hydrogens is 394 g/mol. The fourth-order valence-electron chi connectivity index (χ4n) is 4.32. The Hall–Kier alpha value is -3.49. The minimum absolute atomic E-state index is 0.00268. The number of benzene rings is 1. The molecule has 1 N–H and O–H groups in total. The lowest BCUT2D eigenvalue weighted by molar-refractivity contribution is -0.126. The molecule has 2 saturated heterocycles. The number of rotatable bonds is 4. The smallest absolute Gasteiger partial charge is 0.227 e. The van der Waals surface area contributed by atoms with Gasteiger partial charge in [-0.2, -0.15) is 4.52 Å². The summed E-state index contributed by atoms with van der Waals surface area (Å²) in [5.41, 5.74) is 3.90. The standard InChI is InChI=1S/C22H25N7O2/c1-14-3-4-18(9-15(14)2)28-11-16(10-21(28)30)22(31)24-17-7-8-27(12-17)20-6-5-19-25-23-13-29(19)26-20/h3-6,9,13,16-17H,7-8,10-12H2,1-2H3,(H,24,31)/t16-,17+/m0/s1. The molecule has 2 atom stereocenters. The summed E-state index contributed by atoms with van der Waals surface area (Å²) in [5, 5.41) is 15.5. The second kappa shape index (κ2) is 7.64. The van der Waals surface area contributed by atoms with Crippen LogP contribution in [0.5, 0.6) is 0 Å². The molecule has 0 spiro atoms. The number of anilines is 2. The van der Waals surface area contributed by atoms with Crippen molar-refractivity contribution in [1.29, 1.82) is 0 Å². The highest BCUT2D eigenvalue weighted by Gasteiger charge is 2.36. The van der Waals surface area contributed by atoms with Crippen LogP contribution < -0.4 is 15.1 Å². The molecule has 31 heavy (non-hydrogen) atoms. The van der Waals surface area contributed by atoms with E-state index in [1.165, 1.54) is 5.56 Å². The molecule has 2 aromatic heterocycles. The topological polar surface area (TPSA) is 95.7 Å². The van der Waals surface area contributed by atoms with E-state index in [-0.39, 0.29) is 30.2 Å². The number of aryl methyl sites for hydroxylation is 2. The molecule has 9 nitrogen and oxygen atoms in total. The molecule has 3 aromatic rings. The zero-order chi connectivity index (χ0) is 21.5. The van der Waals surface area contributed by atoms with E-state index in [2.05, 4.69) is 25.5 Å². The van der Waals surface area contributed by atoms with Gasteiger partial charge in [0.05, 0.1) is 5.92 Å². The second-order valence-electron chi connectivity index (χ2n) is 8.44. The van der Waals surface area contributed by atoms with Crippen LogP contribution in [-0.2, 0) is 9.59 Å². The van der Waals surface area contributed by atoms with E-state index in [1.807, 2.05) is 44.2 Å². The highest BCUT2D eigenvalue weighted by Crippen LogP contribution is 2.27. The van der Waals surface area contributed by atoms with Crippen LogP contribution in [0.2, 0.25) is 0 Å². The van der Waals surface area contributed by atoms with Crippen LogP contribution in [0.25, 0.3) is 5.65 Å². The molecule has 2 aliphatic heterocycles. The van der Waals surface area contributed by atoms with E-state index in [4.69, 9.17) is 0 Å². The first-order chi connectivity index (χ1) is 15.0. The van der Waals surface area contributed by atoms with Gasteiger partial charge < -0.3 is 15.1 Å². The minimum Gasteiger partial charge on any atom is -0.353 e. The summed E-state index contributed by atoms with van der Waals surface area (Å²) in [6.07, 6.45) is 2.67. The first-order valence-electron chi connectivity index (χ1n) is 10.6. The summed E-state index contributed by atoms with van der Waals surface area (Å²) in [5.74, 6) is 0.465. The number of nitrogens with zero attached hydrogens (tertiary/aromatic N) is 6. The van der Waals surface area contributed by atoms with E-state index >= 15 is 0 Å². The van der Waals surface area contributed by atoms with Gasteiger partial charge in [0.2, 0.25) is 11.8 Å². The third-order valence-corrected chi connectivity index (χ3v) is 6.30. The van der Waals surface area contributed by atoms with E-state index in [0.717, 1.165) is 30.0 Å². The predicted octanol–water partition coefficient (Wildman–Crippen LogP) is 1.49. The fraction of sp³-hybridized carbons (Fsp3) is 0.409. The maximum atomic E-state index is 12.9. The van der Waals surface area contributed by atoms with Crippen LogP contribution in [0.15, 0.2) is 36.7 Å². The van der Waals surface area contributed by atoms with Crippen LogP contribution in [0.1, 0.15) is 24.0 Å². The van der Waals surface area contributed by atoms with Crippen molar-refractivity contribution in [2.75, 3.05) is 29.4 Å². The Kier molecular flexibility index (Phi) is 4.80. The van der Waals surface area contributed by atoms with Crippen molar-refractivity contribution in [3.63, 3.8) is 0 Å². The van der Waals surface area contributed by atoms with Gasteiger partial charge in [0.1, 0.15) is 12.1 Å². The Morgan fingerprint density at radius 1 is 1.13 bits per heavy atom. The fourth-order valence-corrected chi connectivity index (χ4v) is 4.32. The van der Waals surface area contributed by atoms with Crippen LogP contribution in [0.3, 0.4) is 0 Å². The predicted molar refractivity (Wildman–Crippen MR) is 116 cm³/mol. The molecule has 4 heterocycles. The third kappa shape index (κ3) is 3.71. The molecule has 2 fully saturated rings. The van der Waals surface area contributed by atoms with Crippen molar-refractivity contribution < 1.29 is 9.59 Å². The van der Waals surface area contributed by atoms with E-state index in [9.17, 15) is 9.59 Å². The maximum Gasteiger partial charge on any atom is 0.227 e. The van der Waals surface area contributed by atoms with Crippen molar-refractivity contribution in [1.82, 2.24) is 25.1 Å². The van der Waals surface area contributed by atoms with Gasteiger partial charge in [0, 0.05) is 37.8 Å². The summed E-state index contributed by atoms with van der Waals surface area (Å²) in [4.78, 5) is 29.3. The van der Waals surface area contributed by atoms with E-state index in [1.54, 1.807) is 15.7 Å². The van der Waals surface area contributed by atoms with Gasteiger partial charge in [-0.05, 0) is 55.7 Å². The number of nitrogens with one attached hydrogen (secondary N) is 1. The lowest BCUT2D eigenvalue weighted by atomic mass is 10.1. The van der Waals surface area contributed by atoms with Gasteiger partial charge in [-0.25, -0.2) is 0 Å². The Balaban J connectivity index is 1.20. The number of carbonyl (C=O) groups is 2. The molecule has 1 aromatic carbocycles. The first kappa shape index (κ1) is 19.5. The second-order valence-corrected chi connectivity index (χ2v) is 8.44. The van der Waals surface area contributed by atoms with Gasteiger partial charge in [0.15, 0.2) is 5.65 Å². The molecule has 160 valence electrons. The Bertz CT molecular complexity index is 1160. The summed E-state index contributed by atoms with van der Waals surface area (Å²) in [6.45, 7) is 6.00. The highest BCUT2D eigenvalue weighted by atomic mass is 16.2. The first-order valence-corrected chi connectivity index (χ1v) is 10.6. The number of hydrogen-bond donors (Lipinski definition) is 1. The molecule has 2 amide bonds. The zero-order valence-corrected chi connectivity index (χ0v) is 17.7. The largest absolute Gasteiger partial charge is 0.353 e. The third-order valence-electron chi connectivity index (χ3n) is 6.30. The quantitative estimate of drug-likeness (QED) is 0.688. The molecule has 2 aliphatic rings. The molecule has 0 aliphatic carbocycles. The van der Waals surface area contributed by atoms with Crippen molar-refractivity contribution in [3.8, 4) is 0 Å².